The molecule has 0 saturated carbocycles. The molecule has 1 aromatic carbocycles. The van der Waals surface area contributed by atoms with Crippen molar-refractivity contribution >= 4 is 17.7 Å². The number of hydrogen-bond donors (Lipinski definition) is 1. The maximum Gasteiger partial charge on any atom is 0.410 e. The van der Waals surface area contributed by atoms with Crippen molar-refractivity contribution < 1.29 is 24.2 Å². The van der Waals surface area contributed by atoms with Gasteiger partial charge in [-0.2, -0.15) is 0 Å². The second-order valence-electron chi connectivity index (χ2n) is 7.88. The molecule has 0 radical (unpaired) electrons. The quantitative estimate of drug-likeness (QED) is 0.849. The molecule has 1 aromatic rings. The number of amides is 1. The summed E-state index contributed by atoms with van der Waals surface area (Å²) in [5.41, 5.74) is 2.26. The van der Waals surface area contributed by atoms with Crippen molar-refractivity contribution in [1.82, 2.24) is 4.90 Å². The van der Waals surface area contributed by atoms with E-state index in [2.05, 4.69) is 4.90 Å². The number of hydrogen-bond acceptors (Lipinski definition) is 5. The van der Waals surface area contributed by atoms with Gasteiger partial charge in [0.1, 0.15) is 11.6 Å². The number of benzene rings is 1. The highest BCUT2D eigenvalue weighted by Gasteiger charge is 2.31. The van der Waals surface area contributed by atoms with Gasteiger partial charge in [-0.25, -0.2) is 9.59 Å². The van der Waals surface area contributed by atoms with Gasteiger partial charge in [0.15, 0.2) is 0 Å². The fraction of sp³-hybridized carbons (Fsp3) is 0.600. The maximum absolute atomic E-state index is 12.4. The molecule has 1 N–H and O–H groups in total. The largest absolute Gasteiger partial charge is 0.480 e. The summed E-state index contributed by atoms with van der Waals surface area (Å²) in [6, 6.07) is 5.01. The number of anilines is 1. The number of aliphatic carboxylic acids is 1. The zero-order valence-corrected chi connectivity index (χ0v) is 16.8. The van der Waals surface area contributed by atoms with Crippen molar-refractivity contribution in [2.75, 3.05) is 38.3 Å². The number of carboxylic acid groups (broad SMARTS) is 1. The Labute approximate surface area is 160 Å². The zero-order chi connectivity index (χ0) is 20.2. The summed E-state index contributed by atoms with van der Waals surface area (Å²) in [6.45, 7) is 10.1. The predicted octanol–water partition coefficient (Wildman–Crippen LogP) is 2.69. The van der Waals surface area contributed by atoms with Gasteiger partial charge in [0.05, 0.1) is 13.2 Å². The monoisotopic (exact) mass is 378 g/mol. The first kappa shape index (κ1) is 21.0. The Bertz CT molecular complexity index is 677. The number of carbonyl (C=O) groups is 2. The molecule has 2 rings (SSSR count). The Kier molecular flexibility index (Phi) is 6.70. The van der Waals surface area contributed by atoms with Crippen molar-refractivity contribution in [3.05, 3.63) is 29.3 Å². The molecule has 1 aliphatic heterocycles. The molecule has 1 fully saturated rings. The first-order valence-electron chi connectivity index (χ1n) is 9.19. The molecule has 27 heavy (non-hydrogen) atoms. The molecule has 7 nitrogen and oxygen atoms in total. The van der Waals surface area contributed by atoms with E-state index in [1.807, 2.05) is 25.1 Å². The van der Waals surface area contributed by atoms with Crippen LogP contribution in [0.3, 0.4) is 0 Å². The first-order chi connectivity index (χ1) is 12.6. The average Bonchev–Trinajstić information content (AvgIpc) is 2.58. The van der Waals surface area contributed by atoms with E-state index >= 15 is 0 Å². The van der Waals surface area contributed by atoms with E-state index in [-0.39, 0.29) is 6.42 Å². The zero-order valence-electron chi connectivity index (χ0n) is 16.8. The third-order valence-corrected chi connectivity index (χ3v) is 4.43. The first-order valence-corrected chi connectivity index (χ1v) is 9.19. The van der Waals surface area contributed by atoms with Gasteiger partial charge >= 0.3 is 12.1 Å². The number of carbonyl (C=O) groups excluding carboxylic acids is 1. The van der Waals surface area contributed by atoms with Gasteiger partial charge in [-0.15, -0.1) is 0 Å². The molecule has 1 unspecified atom stereocenters. The van der Waals surface area contributed by atoms with Crippen LogP contribution in [0, 0.1) is 6.92 Å². The van der Waals surface area contributed by atoms with Crippen LogP contribution in [0.1, 0.15) is 31.9 Å². The van der Waals surface area contributed by atoms with Gasteiger partial charge in [-0.05, 0) is 39.3 Å². The Morgan fingerprint density at radius 1 is 1.30 bits per heavy atom. The topological polar surface area (TPSA) is 79.3 Å². The number of morpholine rings is 1. The van der Waals surface area contributed by atoms with Crippen molar-refractivity contribution in [2.24, 2.45) is 0 Å². The van der Waals surface area contributed by atoms with E-state index in [1.165, 1.54) is 11.9 Å². The van der Waals surface area contributed by atoms with Crippen molar-refractivity contribution in [1.29, 1.82) is 0 Å². The third-order valence-electron chi connectivity index (χ3n) is 4.43. The van der Waals surface area contributed by atoms with Gasteiger partial charge in [0.25, 0.3) is 0 Å². The van der Waals surface area contributed by atoms with Gasteiger partial charge in [0, 0.05) is 32.2 Å². The summed E-state index contributed by atoms with van der Waals surface area (Å²) in [7, 11) is 1.47. The number of carboxylic acids is 1. The fourth-order valence-corrected chi connectivity index (χ4v) is 3.05. The Hall–Kier alpha value is -2.28. The minimum atomic E-state index is -1.06. The average molecular weight is 378 g/mol. The number of likely N-dealkylation sites (N-methyl/N-ethyl adjacent to an activating group) is 1. The molecule has 0 bridgehead atoms. The van der Waals surface area contributed by atoms with Crippen LogP contribution in [-0.2, 0) is 20.7 Å². The van der Waals surface area contributed by atoms with Gasteiger partial charge in [-0.3, -0.25) is 4.90 Å². The summed E-state index contributed by atoms with van der Waals surface area (Å²) < 4.78 is 10.8. The number of nitrogens with zero attached hydrogens (tertiary/aromatic N) is 2. The van der Waals surface area contributed by atoms with E-state index in [0.29, 0.717) is 13.2 Å². The molecule has 1 heterocycles. The molecule has 1 aliphatic rings. The Morgan fingerprint density at radius 3 is 2.48 bits per heavy atom. The predicted molar refractivity (Wildman–Crippen MR) is 103 cm³/mol. The SMILES string of the molecule is Cc1ccc(N2CCOCC2)c(CC(C(=O)O)N(C)C(=O)OC(C)(C)C)c1. The van der Waals surface area contributed by atoms with Crippen LogP contribution < -0.4 is 4.90 Å². The maximum atomic E-state index is 12.4. The standard InChI is InChI=1S/C20H30N2O5/c1-14-6-7-16(22-8-10-26-11-9-22)15(12-14)13-17(18(23)24)21(5)19(25)27-20(2,3)4/h6-7,12,17H,8-11,13H2,1-5H3,(H,23,24). The Morgan fingerprint density at radius 2 is 1.93 bits per heavy atom. The highest BCUT2D eigenvalue weighted by molar-refractivity contribution is 5.80. The van der Waals surface area contributed by atoms with Gasteiger partial charge in [-0.1, -0.05) is 17.7 Å². The lowest BCUT2D eigenvalue weighted by Gasteiger charge is -2.32. The minimum Gasteiger partial charge on any atom is -0.480 e. The lowest BCUT2D eigenvalue weighted by Crippen LogP contribution is -2.46. The minimum absolute atomic E-state index is 0.208. The molecule has 7 heteroatoms. The Balaban J connectivity index is 2.26. The second kappa shape index (κ2) is 8.61. The number of aryl methyl sites for hydroxylation is 1. The van der Waals surface area contributed by atoms with E-state index < -0.39 is 23.7 Å². The van der Waals surface area contributed by atoms with Crippen LogP contribution >= 0.6 is 0 Å². The smallest absolute Gasteiger partial charge is 0.410 e. The van der Waals surface area contributed by atoms with Crippen molar-refractivity contribution in [3.8, 4) is 0 Å². The van der Waals surface area contributed by atoms with Crippen molar-refractivity contribution in [2.45, 2.75) is 45.8 Å². The fourth-order valence-electron chi connectivity index (χ4n) is 3.05. The summed E-state index contributed by atoms with van der Waals surface area (Å²) in [4.78, 5) is 27.6. The van der Waals surface area contributed by atoms with E-state index in [0.717, 1.165) is 29.9 Å². The van der Waals surface area contributed by atoms with Gasteiger partial charge < -0.3 is 19.5 Å². The van der Waals surface area contributed by atoms with Crippen LogP contribution in [0.25, 0.3) is 0 Å². The lowest BCUT2D eigenvalue weighted by molar-refractivity contribution is -0.142. The lowest BCUT2D eigenvalue weighted by atomic mass is 10.00. The second-order valence-corrected chi connectivity index (χ2v) is 7.88. The molecule has 150 valence electrons. The molecular weight excluding hydrogens is 348 g/mol. The molecular formula is C20H30N2O5. The van der Waals surface area contributed by atoms with Crippen LogP contribution in [0.2, 0.25) is 0 Å². The summed E-state index contributed by atoms with van der Waals surface area (Å²) in [6.07, 6.45) is -0.435. The molecule has 1 amide bonds. The van der Waals surface area contributed by atoms with Gasteiger partial charge in [0.2, 0.25) is 0 Å². The highest BCUT2D eigenvalue weighted by atomic mass is 16.6. The molecule has 1 atom stereocenters. The third kappa shape index (κ3) is 5.85. The summed E-state index contributed by atoms with van der Waals surface area (Å²) in [5, 5.41) is 9.74. The van der Waals surface area contributed by atoms with Crippen LogP contribution in [-0.4, -0.2) is 67.1 Å². The van der Waals surface area contributed by atoms with E-state index in [4.69, 9.17) is 9.47 Å². The highest BCUT2D eigenvalue weighted by Crippen LogP contribution is 2.26. The molecule has 1 saturated heterocycles. The summed E-state index contributed by atoms with van der Waals surface area (Å²) in [5.74, 6) is -1.06. The normalized spacial score (nSPS) is 16.0. The molecule has 0 spiro atoms. The molecule has 0 aliphatic carbocycles. The van der Waals surface area contributed by atoms with E-state index in [1.54, 1.807) is 20.8 Å². The summed E-state index contributed by atoms with van der Waals surface area (Å²) >= 11 is 0. The van der Waals surface area contributed by atoms with Crippen LogP contribution in [0.4, 0.5) is 10.5 Å². The van der Waals surface area contributed by atoms with E-state index in [9.17, 15) is 14.7 Å². The molecule has 0 aromatic heterocycles. The van der Waals surface area contributed by atoms with Crippen LogP contribution in [0.15, 0.2) is 18.2 Å². The van der Waals surface area contributed by atoms with Crippen molar-refractivity contribution in [3.63, 3.8) is 0 Å². The van der Waals surface area contributed by atoms with Crippen LogP contribution in [0.5, 0.6) is 0 Å². The number of ether oxygens (including phenoxy) is 2. The number of rotatable bonds is 5.